The Balaban J connectivity index is 1.53. The molecule has 1 aromatic heterocycles. The van der Waals surface area contributed by atoms with Crippen molar-refractivity contribution in [3.8, 4) is 0 Å². The second-order valence-electron chi connectivity index (χ2n) is 5.78. The summed E-state index contributed by atoms with van der Waals surface area (Å²) in [5, 5.41) is 0. The van der Waals surface area contributed by atoms with Crippen LogP contribution in [0.4, 0.5) is 5.69 Å². The molecule has 130 valence electrons. The molecule has 0 aliphatic carbocycles. The largest absolute Gasteiger partial charge is 0.378 e. The normalized spacial score (nSPS) is 15.6. The predicted octanol–water partition coefficient (Wildman–Crippen LogP) is 2.41. The zero-order valence-corrected chi connectivity index (χ0v) is 15.3. The van der Waals surface area contributed by atoms with Crippen molar-refractivity contribution in [2.45, 2.75) is 17.6 Å². The van der Waals surface area contributed by atoms with Gasteiger partial charge in [0.15, 0.2) is 0 Å². The van der Waals surface area contributed by atoms with Crippen LogP contribution in [-0.2, 0) is 21.2 Å². The van der Waals surface area contributed by atoms with Gasteiger partial charge in [0.1, 0.15) is 4.21 Å². The number of sulfonamides is 1. The maximum atomic E-state index is 12.2. The van der Waals surface area contributed by atoms with Crippen LogP contribution < -0.4 is 9.62 Å². The van der Waals surface area contributed by atoms with E-state index in [1.54, 1.807) is 6.07 Å². The molecule has 2 aromatic rings. The molecule has 0 atom stereocenters. The Bertz CT molecular complexity index is 763. The van der Waals surface area contributed by atoms with Gasteiger partial charge < -0.3 is 9.64 Å². The number of ether oxygens (including phenoxy) is 1. The maximum absolute atomic E-state index is 12.2. The van der Waals surface area contributed by atoms with Gasteiger partial charge in [-0.25, -0.2) is 13.1 Å². The van der Waals surface area contributed by atoms with Crippen LogP contribution in [-0.4, -0.2) is 41.3 Å². The zero-order valence-electron chi connectivity index (χ0n) is 13.7. The molecule has 1 aromatic carbocycles. The first kappa shape index (κ1) is 17.4. The van der Waals surface area contributed by atoms with E-state index in [-0.39, 0.29) is 0 Å². The van der Waals surface area contributed by atoms with Gasteiger partial charge in [0.25, 0.3) is 0 Å². The van der Waals surface area contributed by atoms with E-state index in [2.05, 4.69) is 33.9 Å². The Kier molecular flexibility index (Phi) is 5.55. The second kappa shape index (κ2) is 7.65. The third kappa shape index (κ3) is 4.36. The first-order valence-corrected chi connectivity index (χ1v) is 10.3. The van der Waals surface area contributed by atoms with Crippen molar-refractivity contribution in [2.75, 3.05) is 37.7 Å². The minimum Gasteiger partial charge on any atom is -0.378 e. The number of thiophene rings is 1. The Morgan fingerprint density at radius 2 is 1.83 bits per heavy atom. The number of anilines is 1. The molecule has 3 rings (SSSR count). The third-order valence-corrected chi connectivity index (χ3v) is 6.95. The lowest BCUT2D eigenvalue weighted by atomic mass is 10.1. The summed E-state index contributed by atoms with van der Waals surface area (Å²) in [4.78, 5) is 3.30. The van der Waals surface area contributed by atoms with Gasteiger partial charge in [0.05, 0.1) is 13.2 Å². The highest BCUT2D eigenvalue weighted by Crippen LogP contribution is 2.20. The number of aryl methyl sites for hydroxylation is 1. The van der Waals surface area contributed by atoms with E-state index in [4.69, 9.17) is 4.74 Å². The average Bonchev–Trinajstić information content (AvgIpc) is 3.04. The molecule has 0 unspecified atom stereocenters. The fourth-order valence-electron chi connectivity index (χ4n) is 2.65. The summed E-state index contributed by atoms with van der Waals surface area (Å²) in [6, 6.07) is 11.8. The minimum atomic E-state index is -3.39. The lowest BCUT2D eigenvalue weighted by Crippen LogP contribution is -2.36. The molecule has 7 heteroatoms. The highest BCUT2D eigenvalue weighted by atomic mass is 32.2. The first-order chi connectivity index (χ1) is 11.5. The van der Waals surface area contributed by atoms with Crippen LogP contribution in [0.25, 0.3) is 0 Å². The smallest absolute Gasteiger partial charge is 0.250 e. The van der Waals surface area contributed by atoms with E-state index in [1.807, 2.05) is 13.0 Å². The lowest BCUT2D eigenvalue weighted by molar-refractivity contribution is 0.122. The SMILES string of the molecule is Cc1ccc(S(=O)(=O)NCCc2ccc(N3CCOCC3)cc2)s1. The monoisotopic (exact) mass is 366 g/mol. The molecule has 0 spiro atoms. The summed E-state index contributed by atoms with van der Waals surface area (Å²) < 4.78 is 32.8. The molecule has 0 saturated carbocycles. The van der Waals surface area contributed by atoms with Gasteiger partial charge in [-0.05, 0) is 43.2 Å². The fourth-order valence-corrected chi connectivity index (χ4v) is 5.01. The molecular weight excluding hydrogens is 344 g/mol. The van der Waals surface area contributed by atoms with E-state index >= 15 is 0 Å². The molecule has 5 nitrogen and oxygen atoms in total. The molecule has 0 radical (unpaired) electrons. The summed E-state index contributed by atoms with van der Waals surface area (Å²) in [5.74, 6) is 0. The van der Waals surface area contributed by atoms with Gasteiger partial charge in [-0.15, -0.1) is 11.3 Å². The van der Waals surface area contributed by atoms with Crippen LogP contribution in [0.3, 0.4) is 0 Å². The number of morpholine rings is 1. The van der Waals surface area contributed by atoms with Crippen molar-refractivity contribution in [1.82, 2.24) is 4.72 Å². The van der Waals surface area contributed by atoms with Gasteiger partial charge >= 0.3 is 0 Å². The fraction of sp³-hybridized carbons (Fsp3) is 0.412. The molecule has 0 amide bonds. The molecule has 0 bridgehead atoms. The van der Waals surface area contributed by atoms with Gasteiger partial charge in [-0.3, -0.25) is 0 Å². The predicted molar refractivity (Wildman–Crippen MR) is 97.4 cm³/mol. The topological polar surface area (TPSA) is 58.6 Å². The van der Waals surface area contributed by atoms with Gasteiger partial charge in [-0.1, -0.05) is 12.1 Å². The molecule has 1 aliphatic rings. The van der Waals surface area contributed by atoms with Crippen molar-refractivity contribution in [3.63, 3.8) is 0 Å². The van der Waals surface area contributed by atoms with E-state index in [0.29, 0.717) is 17.2 Å². The van der Waals surface area contributed by atoms with E-state index < -0.39 is 10.0 Å². The Morgan fingerprint density at radius 1 is 1.12 bits per heavy atom. The summed E-state index contributed by atoms with van der Waals surface area (Å²) in [5.41, 5.74) is 2.31. The molecule has 1 saturated heterocycles. The van der Waals surface area contributed by atoms with Crippen LogP contribution in [0, 0.1) is 6.92 Å². The minimum absolute atomic E-state index is 0.377. The summed E-state index contributed by atoms with van der Waals surface area (Å²) in [6.45, 7) is 5.67. The molecule has 2 heterocycles. The molecular formula is C17H22N2O3S2. The standard InChI is InChI=1S/C17H22N2O3S2/c1-14-2-7-17(23-14)24(20,21)18-9-8-15-3-5-16(6-4-15)19-10-12-22-13-11-19/h2-7,18H,8-13H2,1H3. The van der Waals surface area contributed by atoms with Crippen molar-refractivity contribution in [3.05, 3.63) is 46.8 Å². The Hall–Kier alpha value is -1.41. The average molecular weight is 367 g/mol. The van der Waals surface area contributed by atoms with Crippen molar-refractivity contribution in [2.24, 2.45) is 0 Å². The number of nitrogens with one attached hydrogen (secondary N) is 1. The molecule has 1 aliphatic heterocycles. The Labute approximate surface area is 147 Å². The molecule has 1 fully saturated rings. The van der Waals surface area contributed by atoms with Crippen molar-refractivity contribution in [1.29, 1.82) is 0 Å². The van der Waals surface area contributed by atoms with Gasteiger partial charge in [-0.2, -0.15) is 0 Å². The zero-order chi connectivity index (χ0) is 17.0. The second-order valence-corrected chi connectivity index (χ2v) is 9.06. The van der Waals surface area contributed by atoms with Crippen LogP contribution in [0.2, 0.25) is 0 Å². The summed E-state index contributed by atoms with van der Waals surface area (Å²) in [6.07, 6.45) is 0.674. The van der Waals surface area contributed by atoms with E-state index in [1.165, 1.54) is 17.0 Å². The van der Waals surface area contributed by atoms with Gasteiger partial charge in [0, 0.05) is 30.2 Å². The number of hydrogen-bond acceptors (Lipinski definition) is 5. The molecule has 24 heavy (non-hydrogen) atoms. The van der Waals surface area contributed by atoms with Crippen LogP contribution in [0.1, 0.15) is 10.4 Å². The maximum Gasteiger partial charge on any atom is 0.250 e. The highest BCUT2D eigenvalue weighted by molar-refractivity contribution is 7.91. The number of benzene rings is 1. The van der Waals surface area contributed by atoms with Crippen LogP contribution in [0.5, 0.6) is 0 Å². The van der Waals surface area contributed by atoms with E-state index in [0.717, 1.165) is 36.7 Å². The van der Waals surface area contributed by atoms with E-state index in [9.17, 15) is 8.42 Å². The van der Waals surface area contributed by atoms with Crippen LogP contribution in [0.15, 0.2) is 40.6 Å². The highest BCUT2D eigenvalue weighted by Gasteiger charge is 2.15. The number of nitrogens with zero attached hydrogens (tertiary/aromatic N) is 1. The van der Waals surface area contributed by atoms with Crippen molar-refractivity contribution >= 4 is 27.0 Å². The van der Waals surface area contributed by atoms with Gasteiger partial charge in [0.2, 0.25) is 10.0 Å². The Morgan fingerprint density at radius 3 is 2.46 bits per heavy atom. The number of hydrogen-bond donors (Lipinski definition) is 1. The third-order valence-electron chi connectivity index (χ3n) is 4.00. The number of rotatable bonds is 6. The lowest BCUT2D eigenvalue weighted by Gasteiger charge is -2.28. The summed E-state index contributed by atoms with van der Waals surface area (Å²) in [7, 11) is -3.39. The van der Waals surface area contributed by atoms with Crippen molar-refractivity contribution < 1.29 is 13.2 Å². The first-order valence-electron chi connectivity index (χ1n) is 8.02. The quantitative estimate of drug-likeness (QED) is 0.853. The summed E-state index contributed by atoms with van der Waals surface area (Å²) >= 11 is 1.29. The molecule has 1 N–H and O–H groups in total. The van der Waals surface area contributed by atoms with Crippen LogP contribution >= 0.6 is 11.3 Å².